The van der Waals surface area contributed by atoms with E-state index in [1.165, 1.54) is 12.3 Å². The highest BCUT2D eigenvalue weighted by molar-refractivity contribution is 9.10. The predicted molar refractivity (Wildman–Crippen MR) is 146 cm³/mol. The molecule has 0 fully saturated rings. The van der Waals surface area contributed by atoms with E-state index in [0.717, 1.165) is 9.15 Å². The highest BCUT2D eigenvalue weighted by Gasteiger charge is 2.23. The molecule has 0 amide bonds. The van der Waals surface area contributed by atoms with E-state index in [9.17, 15) is 14.9 Å². The fraction of sp³-hybridized carbons (Fsp3) is 0.160. The Kier molecular flexibility index (Phi) is 8.11. The molecule has 4 aromatic rings. The second-order valence-electron chi connectivity index (χ2n) is 7.76. The van der Waals surface area contributed by atoms with Crippen molar-refractivity contribution in [2.24, 2.45) is 5.10 Å². The van der Waals surface area contributed by atoms with Crippen molar-refractivity contribution in [3.63, 3.8) is 0 Å². The van der Waals surface area contributed by atoms with Gasteiger partial charge in [0.2, 0.25) is 5.75 Å². The third-order valence-electron chi connectivity index (χ3n) is 5.23. The largest absolute Gasteiger partial charge is 0.490 e. The number of rotatable bonds is 8. The van der Waals surface area contributed by atoms with Crippen LogP contribution in [0.4, 0.5) is 5.69 Å². The summed E-state index contributed by atoms with van der Waals surface area (Å²) in [7, 11) is 0. The SMILES string of the molecule is CCOc1cc(C=Nn2c(C)nc3ccc(Br)cc3c2=O)cc([N+](=O)[O-])c1OCc1ccc(Cl)cc1Cl. The minimum absolute atomic E-state index is 0.0444. The highest BCUT2D eigenvalue weighted by atomic mass is 79.9. The molecule has 0 unspecified atom stereocenters. The second kappa shape index (κ2) is 11.3. The molecule has 3 aromatic carbocycles. The summed E-state index contributed by atoms with van der Waals surface area (Å²) in [4.78, 5) is 28.8. The van der Waals surface area contributed by atoms with Crippen molar-refractivity contribution in [2.75, 3.05) is 6.61 Å². The molecular formula is C25H19BrCl2N4O5. The molecule has 0 saturated carbocycles. The minimum Gasteiger partial charge on any atom is -0.490 e. The molecule has 0 saturated heterocycles. The zero-order chi connectivity index (χ0) is 26.7. The van der Waals surface area contributed by atoms with Crippen LogP contribution in [0.1, 0.15) is 23.9 Å². The molecule has 0 N–H and O–H groups in total. The molecule has 0 spiro atoms. The monoisotopic (exact) mass is 604 g/mol. The number of nitro groups is 1. The maximum Gasteiger partial charge on any atom is 0.315 e. The van der Waals surface area contributed by atoms with Crippen LogP contribution in [-0.2, 0) is 6.61 Å². The molecule has 190 valence electrons. The fourth-order valence-electron chi connectivity index (χ4n) is 3.54. The van der Waals surface area contributed by atoms with E-state index < -0.39 is 4.92 Å². The maximum absolute atomic E-state index is 13.0. The maximum atomic E-state index is 13.0. The Bertz CT molecular complexity index is 1610. The van der Waals surface area contributed by atoms with Gasteiger partial charge in [-0.05, 0) is 50.2 Å². The zero-order valence-corrected chi connectivity index (χ0v) is 22.7. The van der Waals surface area contributed by atoms with Crippen LogP contribution in [0.15, 0.2) is 62.9 Å². The first-order valence-corrected chi connectivity index (χ1v) is 12.5. The number of hydrogen-bond acceptors (Lipinski definition) is 7. The molecule has 37 heavy (non-hydrogen) atoms. The molecule has 9 nitrogen and oxygen atoms in total. The quantitative estimate of drug-likeness (QED) is 0.128. The molecule has 0 radical (unpaired) electrons. The van der Waals surface area contributed by atoms with Crippen LogP contribution >= 0.6 is 39.1 Å². The molecule has 0 aliphatic heterocycles. The van der Waals surface area contributed by atoms with Gasteiger partial charge in [0.25, 0.3) is 5.56 Å². The van der Waals surface area contributed by atoms with Crippen molar-refractivity contribution < 1.29 is 14.4 Å². The highest BCUT2D eigenvalue weighted by Crippen LogP contribution is 2.39. The molecule has 0 atom stereocenters. The molecule has 0 aliphatic carbocycles. The van der Waals surface area contributed by atoms with E-state index in [1.807, 2.05) is 0 Å². The van der Waals surface area contributed by atoms with Gasteiger partial charge in [0.1, 0.15) is 12.4 Å². The first-order valence-electron chi connectivity index (χ1n) is 10.9. The van der Waals surface area contributed by atoms with Crippen molar-refractivity contribution >= 4 is 61.9 Å². The van der Waals surface area contributed by atoms with Gasteiger partial charge in [-0.2, -0.15) is 9.78 Å². The molecular weight excluding hydrogens is 587 g/mol. The van der Waals surface area contributed by atoms with Crippen LogP contribution in [0, 0.1) is 17.0 Å². The lowest BCUT2D eigenvalue weighted by Crippen LogP contribution is -2.20. The summed E-state index contributed by atoms with van der Waals surface area (Å²) in [6.07, 6.45) is 1.33. The Hall–Kier alpha value is -3.47. The van der Waals surface area contributed by atoms with Crippen molar-refractivity contribution in [3.8, 4) is 11.5 Å². The summed E-state index contributed by atoms with van der Waals surface area (Å²) in [6, 6.07) is 12.9. The molecule has 0 aliphatic rings. The predicted octanol–water partition coefficient (Wildman–Crippen LogP) is 6.54. The van der Waals surface area contributed by atoms with Gasteiger partial charge in [-0.15, -0.1) is 0 Å². The lowest BCUT2D eigenvalue weighted by Gasteiger charge is -2.14. The lowest BCUT2D eigenvalue weighted by molar-refractivity contribution is -0.386. The Labute approximate surface area is 229 Å². The summed E-state index contributed by atoms with van der Waals surface area (Å²) >= 11 is 15.5. The summed E-state index contributed by atoms with van der Waals surface area (Å²) < 4.78 is 13.3. The fourth-order valence-corrected chi connectivity index (χ4v) is 4.36. The van der Waals surface area contributed by atoms with Gasteiger partial charge in [0.15, 0.2) is 5.75 Å². The van der Waals surface area contributed by atoms with Crippen molar-refractivity contribution in [2.45, 2.75) is 20.5 Å². The van der Waals surface area contributed by atoms with Gasteiger partial charge in [-0.1, -0.05) is 45.2 Å². The standard InChI is InChI=1S/C25H19BrCl2N4O5/c1-3-36-23-9-15(12-29-31-14(2)30-21-7-5-17(26)10-19(21)25(31)33)8-22(32(34)35)24(23)37-13-16-4-6-18(27)11-20(16)28/h4-12H,3,13H2,1-2H3. The van der Waals surface area contributed by atoms with Crippen molar-refractivity contribution in [1.29, 1.82) is 0 Å². The van der Waals surface area contributed by atoms with Gasteiger partial charge < -0.3 is 9.47 Å². The zero-order valence-electron chi connectivity index (χ0n) is 19.6. The van der Waals surface area contributed by atoms with E-state index in [4.69, 9.17) is 32.7 Å². The van der Waals surface area contributed by atoms with Gasteiger partial charge >= 0.3 is 5.69 Å². The van der Waals surface area contributed by atoms with E-state index in [0.29, 0.717) is 37.9 Å². The van der Waals surface area contributed by atoms with E-state index in [1.54, 1.807) is 56.3 Å². The smallest absolute Gasteiger partial charge is 0.315 e. The van der Waals surface area contributed by atoms with Gasteiger partial charge in [-0.25, -0.2) is 4.98 Å². The number of nitrogens with zero attached hydrogens (tertiary/aromatic N) is 4. The number of aryl methyl sites for hydroxylation is 1. The third kappa shape index (κ3) is 5.93. The second-order valence-corrected chi connectivity index (χ2v) is 9.52. The van der Waals surface area contributed by atoms with Crippen LogP contribution in [-0.4, -0.2) is 27.4 Å². The first-order chi connectivity index (χ1) is 17.7. The van der Waals surface area contributed by atoms with Crippen LogP contribution in [0.2, 0.25) is 10.0 Å². The summed E-state index contributed by atoms with van der Waals surface area (Å²) in [5.41, 5.74) is 0.752. The van der Waals surface area contributed by atoms with Gasteiger partial charge in [0.05, 0.1) is 28.6 Å². The van der Waals surface area contributed by atoms with Crippen molar-refractivity contribution in [3.05, 3.63) is 100 Å². The van der Waals surface area contributed by atoms with Crippen LogP contribution in [0.25, 0.3) is 10.9 Å². The number of hydrogen-bond donors (Lipinski definition) is 0. The summed E-state index contributed by atoms with van der Waals surface area (Å²) in [5, 5.41) is 17.4. The van der Waals surface area contributed by atoms with E-state index in [-0.39, 0.29) is 36.0 Å². The number of nitro benzene ring substituents is 1. The van der Waals surface area contributed by atoms with E-state index >= 15 is 0 Å². The minimum atomic E-state index is -0.578. The first kappa shape index (κ1) is 26.6. The lowest BCUT2D eigenvalue weighted by atomic mass is 10.1. The Balaban J connectivity index is 1.73. The van der Waals surface area contributed by atoms with Crippen LogP contribution in [0.5, 0.6) is 11.5 Å². The number of ether oxygens (including phenoxy) is 2. The normalized spacial score (nSPS) is 11.3. The van der Waals surface area contributed by atoms with Gasteiger partial charge in [0, 0.05) is 31.7 Å². The van der Waals surface area contributed by atoms with Crippen LogP contribution in [0.3, 0.4) is 0 Å². The number of aromatic nitrogens is 2. The molecule has 1 heterocycles. The number of halogens is 3. The van der Waals surface area contributed by atoms with Crippen molar-refractivity contribution in [1.82, 2.24) is 9.66 Å². The third-order valence-corrected chi connectivity index (χ3v) is 6.31. The average molecular weight is 606 g/mol. The molecule has 12 heteroatoms. The molecule has 4 rings (SSSR count). The Morgan fingerprint density at radius 3 is 2.65 bits per heavy atom. The summed E-state index contributed by atoms with van der Waals surface area (Å²) in [5.74, 6) is 0.448. The molecule has 1 aromatic heterocycles. The number of fused-ring (bicyclic) bond motifs is 1. The Morgan fingerprint density at radius 2 is 1.95 bits per heavy atom. The van der Waals surface area contributed by atoms with Gasteiger partial charge in [-0.3, -0.25) is 14.9 Å². The number of benzene rings is 3. The average Bonchev–Trinajstić information content (AvgIpc) is 2.84. The van der Waals surface area contributed by atoms with E-state index in [2.05, 4.69) is 26.0 Å². The Morgan fingerprint density at radius 1 is 1.16 bits per heavy atom. The molecule has 0 bridgehead atoms. The topological polar surface area (TPSA) is 109 Å². The van der Waals surface area contributed by atoms with Crippen LogP contribution < -0.4 is 15.0 Å². The summed E-state index contributed by atoms with van der Waals surface area (Å²) in [6.45, 7) is 3.58.